The molecule has 0 fully saturated rings. The predicted molar refractivity (Wildman–Crippen MR) is 63.3 cm³/mol. The van der Waals surface area contributed by atoms with Gasteiger partial charge in [0.1, 0.15) is 5.82 Å². The number of aromatic nitrogens is 2. The lowest BCUT2D eigenvalue weighted by atomic mass is 10.2. The number of carbonyl (C=O) groups is 1. The van der Waals surface area contributed by atoms with Crippen LogP contribution < -0.4 is 5.32 Å². The van der Waals surface area contributed by atoms with Crippen LogP contribution in [-0.2, 0) is 0 Å². The molecule has 0 aliphatic rings. The van der Waals surface area contributed by atoms with E-state index in [-0.39, 0.29) is 5.91 Å². The van der Waals surface area contributed by atoms with Gasteiger partial charge in [-0.3, -0.25) is 9.36 Å². The zero-order chi connectivity index (χ0) is 12.4. The summed E-state index contributed by atoms with van der Waals surface area (Å²) in [5.74, 6) is 1.86. The van der Waals surface area contributed by atoms with Gasteiger partial charge in [0.25, 0.3) is 5.91 Å². The molecule has 0 atom stereocenters. The lowest BCUT2D eigenvalue weighted by Crippen LogP contribution is -2.16. The molecule has 17 heavy (non-hydrogen) atoms. The van der Waals surface area contributed by atoms with Gasteiger partial charge in [0, 0.05) is 31.4 Å². The third kappa shape index (κ3) is 2.08. The number of hydrogen-bond donors (Lipinski definition) is 1. The molecule has 90 valence electrons. The number of nitrogens with zero attached hydrogens (tertiary/aromatic N) is 2. The largest absolute Gasteiger partial charge is 0.435 e. The zero-order valence-corrected chi connectivity index (χ0v) is 10.1. The number of imidazole rings is 1. The van der Waals surface area contributed by atoms with Crippen molar-refractivity contribution in [2.75, 3.05) is 7.05 Å². The highest BCUT2D eigenvalue weighted by molar-refractivity contribution is 5.91. The first-order valence-corrected chi connectivity index (χ1v) is 5.49. The quantitative estimate of drug-likeness (QED) is 0.881. The zero-order valence-electron chi connectivity index (χ0n) is 10.1. The number of carbonyl (C=O) groups excluding carboxylic acids is 1. The molecule has 2 aromatic rings. The van der Waals surface area contributed by atoms with Crippen molar-refractivity contribution in [3.8, 4) is 5.88 Å². The summed E-state index contributed by atoms with van der Waals surface area (Å²) < 4.78 is 7.33. The van der Waals surface area contributed by atoms with Crippen molar-refractivity contribution < 1.29 is 9.21 Å². The Balaban J connectivity index is 2.37. The molecule has 5 nitrogen and oxygen atoms in total. The van der Waals surface area contributed by atoms with Crippen molar-refractivity contribution >= 4 is 5.91 Å². The monoisotopic (exact) mass is 233 g/mol. The van der Waals surface area contributed by atoms with Crippen LogP contribution in [0.5, 0.6) is 0 Å². The molecule has 1 amide bonds. The molecule has 2 heterocycles. The Morgan fingerprint density at radius 2 is 2.24 bits per heavy atom. The first-order valence-electron chi connectivity index (χ1n) is 5.49. The van der Waals surface area contributed by atoms with Gasteiger partial charge in [0.2, 0.25) is 5.88 Å². The number of amides is 1. The van der Waals surface area contributed by atoms with Crippen LogP contribution in [0.2, 0.25) is 0 Å². The molecule has 5 heteroatoms. The maximum Gasteiger partial charge on any atom is 0.286 e. The van der Waals surface area contributed by atoms with E-state index >= 15 is 0 Å². The highest BCUT2D eigenvalue weighted by Gasteiger charge is 2.14. The number of furan rings is 1. The first-order chi connectivity index (χ1) is 8.13. The maximum atomic E-state index is 11.4. The lowest BCUT2D eigenvalue weighted by molar-refractivity contribution is 0.0935. The second-order valence-corrected chi connectivity index (χ2v) is 4.03. The van der Waals surface area contributed by atoms with Crippen LogP contribution in [0.1, 0.15) is 36.1 Å². The average molecular weight is 233 g/mol. The molecule has 2 rings (SSSR count). The Morgan fingerprint density at radius 1 is 1.47 bits per heavy atom. The molecule has 0 spiro atoms. The van der Waals surface area contributed by atoms with E-state index in [9.17, 15) is 4.79 Å². The molecule has 0 saturated heterocycles. The molecule has 0 aliphatic carbocycles. The summed E-state index contributed by atoms with van der Waals surface area (Å²) in [5, 5.41) is 2.52. The van der Waals surface area contributed by atoms with Crippen molar-refractivity contribution in [2.24, 2.45) is 0 Å². The Kier molecular flexibility index (Phi) is 2.99. The first kappa shape index (κ1) is 11.4. The third-order valence-electron chi connectivity index (χ3n) is 2.47. The fourth-order valence-electron chi connectivity index (χ4n) is 1.63. The minimum Gasteiger partial charge on any atom is -0.435 e. The summed E-state index contributed by atoms with van der Waals surface area (Å²) in [7, 11) is 1.57. The molecule has 0 saturated carbocycles. The number of hydrogen-bond acceptors (Lipinski definition) is 3. The molecule has 1 N–H and O–H groups in total. The van der Waals surface area contributed by atoms with E-state index in [1.165, 1.54) is 0 Å². The smallest absolute Gasteiger partial charge is 0.286 e. The van der Waals surface area contributed by atoms with E-state index in [0.717, 1.165) is 5.82 Å². The molecule has 0 aromatic carbocycles. The highest BCUT2D eigenvalue weighted by Crippen LogP contribution is 2.19. The Labute approximate surface area is 99.5 Å². The standard InChI is InChI=1S/C12H15N3O2/c1-8(2)11-14-6-7-15(11)10-5-4-9(17-10)12(16)13-3/h4-8H,1-3H3,(H,13,16). The van der Waals surface area contributed by atoms with E-state index in [1.54, 1.807) is 25.4 Å². The molecule has 0 bridgehead atoms. The van der Waals surface area contributed by atoms with Gasteiger partial charge in [0.05, 0.1) is 0 Å². The topological polar surface area (TPSA) is 60.1 Å². The van der Waals surface area contributed by atoms with Crippen molar-refractivity contribution in [3.05, 3.63) is 36.1 Å². The van der Waals surface area contributed by atoms with Crippen molar-refractivity contribution in [1.29, 1.82) is 0 Å². The summed E-state index contributed by atoms with van der Waals surface area (Å²) in [6, 6.07) is 3.41. The van der Waals surface area contributed by atoms with Crippen molar-refractivity contribution in [3.63, 3.8) is 0 Å². The van der Waals surface area contributed by atoms with Crippen LogP contribution in [-0.4, -0.2) is 22.5 Å². The van der Waals surface area contributed by atoms with Crippen molar-refractivity contribution in [2.45, 2.75) is 19.8 Å². The summed E-state index contributed by atoms with van der Waals surface area (Å²) in [5.41, 5.74) is 0. The van der Waals surface area contributed by atoms with E-state index < -0.39 is 0 Å². The Morgan fingerprint density at radius 3 is 2.88 bits per heavy atom. The Bertz CT molecular complexity index is 525. The maximum absolute atomic E-state index is 11.4. The van der Waals surface area contributed by atoms with Crippen LogP contribution in [0.25, 0.3) is 5.88 Å². The highest BCUT2D eigenvalue weighted by atomic mass is 16.4. The SMILES string of the molecule is CNC(=O)c1ccc(-n2ccnc2C(C)C)o1. The Hall–Kier alpha value is -2.04. The van der Waals surface area contributed by atoms with Crippen LogP contribution in [0, 0.1) is 0 Å². The van der Waals surface area contributed by atoms with Gasteiger partial charge >= 0.3 is 0 Å². The minimum absolute atomic E-state index is 0.234. The van der Waals surface area contributed by atoms with E-state index in [1.807, 2.05) is 10.8 Å². The van der Waals surface area contributed by atoms with Crippen molar-refractivity contribution in [1.82, 2.24) is 14.9 Å². The van der Waals surface area contributed by atoms with Gasteiger partial charge in [-0.25, -0.2) is 4.98 Å². The van der Waals surface area contributed by atoms with Gasteiger partial charge < -0.3 is 9.73 Å². The van der Waals surface area contributed by atoms with Gasteiger partial charge in [-0.05, 0) is 6.07 Å². The third-order valence-corrected chi connectivity index (χ3v) is 2.47. The van der Waals surface area contributed by atoms with Gasteiger partial charge in [-0.2, -0.15) is 0 Å². The summed E-state index contributed by atoms with van der Waals surface area (Å²) >= 11 is 0. The number of nitrogens with one attached hydrogen (secondary N) is 1. The molecular formula is C12H15N3O2. The summed E-state index contributed by atoms with van der Waals surface area (Å²) in [6.07, 6.45) is 3.54. The second-order valence-electron chi connectivity index (χ2n) is 4.03. The van der Waals surface area contributed by atoms with Gasteiger partial charge in [-0.15, -0.1) is 0 Å². The normalized spacial score (nSPS) is 10.8. The average Bonchev–Trinajstić information content (AvgIpc) is 2.95. The van der Waals surface area contributed by atoms with Crippen LogP contribution >= 0.6 is 0 Å². The second kappa shape index (κ2) is 4.45. The molecule has 0 unspecified atom stereocenters. The van der Waals surface area contributed by atoms with Crippen LogP contribution in [0.4, 0.5) is 0 Å². The predicted octanol–water partition coefficient (Wildman–Crippen LogP) is 1.95. The molecule has 0 radical (unpaired) electrons. The number of rotatable bonds is 3. The summed E-state index contributed by atoms with van der Waals surface area (Å²) in [4.78, 5) is 15.7. The minimum atomic E-state index is -0.234. The van der Waals surface area contributed by atoms with E-state index in [4.69, 9.17) is 4.42 Å². The van der Waals surface area contributed by atoms with E-state index in [2.05, 4.69) is 24.1 Å². The van der Waals surface area contributed by atoms with E-state index in [0.29, 0.717) is 17.6 Å². The fourth-order valence-corrected chi connectivity index (χ4v) is 1.63. The van der Waals surface area contributed by atoms with Crippen LogP contribution in [0.15, 0.2) is 28.9 Å². The molecule has 0 aliphatic heterocycles. The van der Waals surface area contributed by atoms with Gasteiger partial charge in [-0.1, -0.05) is 13.8 Å². The van der Waals surface area contributed by atoms with Gasteiger partial charge in [0.15, 0.2) is 5.76 Å². The molecular weight excluding hydrogens is 218 g/mol. The fraction of sp³-hybridized carbons (Fsp3) is 0.333. The van der Waals surface area contributed by atoms with Crippen LogP contribution in [0.3, 0.4) is 0 Å². The lowest BCUT2D eigenvalue weighted by Gasteiger charge is -2.06. The summed E-state index contributed by atoms with van der Waals surface area (Å²) in [6.45, 7) is 4.11. The molecule has 2 aromatic heterocycles.